The van der Waals surface area contributed by atoms with Crippen molar-refractivity contribution in [1.82, 2.24) is 19.7 Å². The van der Waals surface area contributed by atoms with Gasteiger partial charge < -0.3 is 14.6 Å². The van der Waals surface area contributed by atoms with Gasteiger partial charge in [-0.1, -0.05) is 19.1 Å². The molecule has 0 bridgehead atoms. The molecule has 0 aliphatic carbocycles. The van der Waals surface area contributed by atoms with Crippen LogP contribution in [0.1, 0.15) is 24.3 Å². The van der Waals surface area contributed by atoms with Gasteiger partial charge >= 0.3 is 11.9 Å². The van der Waals surface area contributed by atoms with E-state index in [0.717, 1.165) is 0 Å². The van der Waals surface area contributed by atoms with E-state index in [1.54, 1.807) is 32.0 Å². The fraction of sp³-hybridized carbons (Fsp3) is 0.200. The third-order valence-electron chi connectivity index (χ3n) is 4.93. The number of aromatic nitrogens is 3. The van der Waals surface area contributed by atoms with Crippen LogP contribution in [0.5, 0.6) is 0 Å². The average Bonchev–Trinajstić information content (AvgIpc) is 3.35. The number of carboxylic acid groups (broad SMARTS) is 2. The summed E-state index contributed by atoms with van der Waals surface area (Å²) in [6.45, 7) is 3.22. The number of carbonyl (C=O) groups is 2. The van der Waals surface area contributed by atoms with Crippen LogP contribution < -0.4 is 4.72 Å². The van der Waals surface area contributed by atoms with Gasteiger partial charge in [-0.05, 0) is 36.2 Å². The molecule has 32 heavy (non-hydrogen) atoms. The molecule has 3 N–H and O–H groups in total. The molecule has 1 atom stereocenters. The Bertz CT molecular complexity index is 1470. The Balaban J connectivity index is 1.74. The lowest BCUT2D eigenvalue weighted by molar-refractivity contribution is -0.140. The van der Waals surface area contributed by atoms with E-state index in [9.17, 15) is 23.1 Å². The minimum Gasteiger partial charge on any atom is -0.480 e. The fourth-order valence-corrected chi connectivity index (χ4v) is 4.61. The van der Waals surface area contributed by atoms with Crippen molar-refractivity contribution in [2.75, 3.05) is 0 Å². The Morgan fingerprint density at radius 2 is 1.81 bits per heavy atom. The molecule has 4 aromatic rings. The van der Waals surface area contributed by atoms with Gasteiger partial charge in [0.05, 0.1) is 16.8 Å². The van der Waals surface area contributed by atoms with Crippen LogP contribution in [0.4, 0.5) is 0 Å². The number of sulfonamides is 1. The van der Waals surface area contributed by atoms with Gasteiger partial charge in [0.25, 0.3) is 0 Å². The minimum atomic E-state index is -4.09. The molecule has 4 rings (SSSR count). The number of hydrogen-bond acceptors (Lipinski definition) is 7. The third-order valence-corrected chi connectivity index (χ3v) is 6.37. The number of aliphatic carboxylic acids is 1. The molecule has 2 heterocycles. The Hall–Kier alpha value is -3.77. The normalized spacial score (nSPS) is 13.1. The largest absolute Gasteiger partial charge is 0.480 e. The predicted molar refractivity (Wildman–Crippen MR) is 112 cm³/mol. The Morgan fingerprint density at radius 3 is 2.44 bits per heavy atom. The lowest BCUT2D eigenvalue weighted by Crippen LogP contribution is -2.44. The summed E-state index contributed by atoms with van der Waals surface area (Å²) >= 11 is 0. The summed E-state index contributed by atoms with van der Waals surface area (Å²) in [6.07, 6.45) is 1.26. The van der Waals surface area contributed by atoms with E-state index in [-0.39, 0.29) is 10.6 Å². The molecular weight excluding hydrogens is 440 g/mol. The van der Waals surface area contributed by atoms with E-state index >= 15 is 0 Å². The Morgan fingerprint density at radius 1 is 1.06 bits per heavy atom. The maximum absolute atomic E-state index is 12.8. The second kappa shape index (κ2) is 7.73. The molecule has 0 aliphatic heterocycles. The highest BCUT2D eigenvalue weighted by Gasteiger charge is 2.28. The van der Waals surface area contributed by atoms with Crippen LogP contribution in [0, 0.1) is 5.92 Å². The molecule has 0 amide bonds. The van der Waals surface area contributed by atoms with Crippen molar-refractivity contribution in [2.24, 2.45) is 5.92 Å². The number of rotatable bonds is 7. The number of hydrogen-bond donors (Lipinski definition) is 3. The summed E-state index contributed by atoms with van der Waals surface area (Å²) in [5, 5.41) is 26.8. The van der Waals surface area contributed by atoms with Crippen LogP contribution in [0.2, 0.25) is 0 Å². The zero-order chi connectivity index (χ0) is 23.2. The van der Waals surface area contributed by atoms with Crippen molar-refractivity contribution in [1.29, 1.82) is 0 Å². The molecule has 11 nitrogen and oxygen atoms in total. The number of fused-ring (bicyclic) bond motifs is 3. The second-order valence-electron chi connectivity index (χ2n) is 7.48. The molecule has 2 aromatic heterocycles. The average molecular weight is 458 g/mol. The molecule has 0 saturated carbocycles. The third kappa shape index (κ3) is 3.81. The first kappa shape index (κ1) is 21.5. The predicted octanol–water partition coefficient (Wildman–Crippen LogP) is 2.25. The first-order valence-corrected chi connectivity index (χ1v) is 10.9. The van der Waals surface area contributed by atoms with Gasteiger partial charge in [-0.3, -0.25) is 4.79 Å². The van der Waals surface area contributed by atoms with Crippen LogP contribution in [-0.4, -0.2) is 51.6 Å². The fourth-order valence-electron chi connectivity index (χ4n) is 3.25. The summed E-state index contributed by atoms with van der Waals surface area (Å²) in [4.78, 5) is 22.3. The standard InChI is InChI=1S/C20H18N4O7S/c1-10(2)18(20(27)28)22-32(29,30)12-4-6-16-14(8-12)13-5-3-11(7-17(13)31-16)24-9-15(19(25)26)21-23-24/h3-10,18,22H,1-2H3,(H,25,26)(H,27,28)/t18-/m1/s1. The maximum atomic E-state index is 12.8. The van der Waals surface area contributed by atoms with Gasteiger partial charge in [-0.15, -0.1) is 5.10 Å². The number of carboxylic acids is 2. The quantitative estimate of drug-likeness (QED) is 0.376. The molecule has 12 heteroatoms. The molecule has 0 fully saturated rings. The van der Waals surface area contributed by atoms with Crippen molar-refractivity contribution in [2.45, 2.75) is 24.8 Å². The van der Waals surface area contributed by atoms with Gasteiger partial charge in [-0.25, -0.2) is 17.9 Å². The van der Waals surface area contributed by atoms with Crippen LogP contribution in [0.25, 0.3) is 27.6 Å². The lowest BCUT2D eigenvalue weighted by Gasteiger charge is -2.17. The van der Waals surface area contributed by atoms with Crippen molar-refractivity contribution in [3.8, 4) is 5.69 Å². The Kier molecular flexibility index (Phi) is 5.18. The number of furan rings is 1. The maximum Gasteiger partial charge on any atom is 0.358 e. The van der Waals surface area contributed by atoms with Crippen molar-refractivity contribution >= 4 is 43.9 Å². The van der Waals surface area contributed by atoms with Gasteiger partial charge in [0.15, 0.2) is 5.69 Å². The highest BCUT2D eigenvalue weighted by Crippen LogP contribution is 2.32. The zero-order valence-corrected chi connectivity index (χ0v) is 17.7. The summed E-state index contributed by atoms with van der Waals surface area (Å²) in [7, 11) is -4.09. The molecule has 0 saturated heterocycles. The van der Waals surface area contributed by atoms with E-state index in [0.29, 0.717) is 27.6 Å². The molecule has 0 unspecified atom stereocenters. The highest BCUT2D eigenvalue weighted by atomic mass is 32.2. The van der Waals surface area contributed by atoms with Gasteiger partial charge in [0, 0.05) is 16.8 Å². The molecule has 0 radical (unpaired) electrons. The topological polar surface area (TPSA) is 165 Å². The number of nitrogens with zero attached hydrogens (tertiary/aromatic N) is 3. The van der Waals surface area contributed by atoms with Crippen LogP contribution in [0.15, 0.2) is 51.9 Å². The van der Waals surface area contributed by atoms with E-state index in [1.165, 1.54) is 29.1 Å². The lowest BCUT2D eigenvalue weighted by atomic mass is 10.1. The monoisotopic (exact) mass is 458 g/mol. The minimum absolute atomic E-state index is 0.0916. The highest BCUT2D eigenvalue weighted by molar-refractivity contribution is 7.89. The summed E-state index contributed by atoms with van der Waals surface area (Å²) in [6, 6.07) is 7.96. The SMILES string of the molecule is CC(C)[C@@H](NS(=O)(=O)c1ccc2oc3cc(-n4cc(C(=O)O)nn4)ccc3c2c1)C(=O)O. The van der Waals surface area contributed by atoms with Crippen LogP contribution in [-0.2, 0) is 14.8 Å². The second-order valence-corrected chi connectivity index (χ2v) is 9.19. The summed E-state index contributed by atoms with van der Waals surface area (Å²) in [5.41, 5.74) is 1.16. The van der Waals surface area contributed by atoms with E-state index in [4.69, 9.17) is 9.52 Å². The van der Waals surface area contributed by atoms with Crippen LogP contribution in [0.3, 0.4) is 0 Å². The number of benzene rings is 2. The molecule has 0 spiro atoms. The first-order chi connectivity index (χ1) is 15.1. The first-order valence-electron chi connectivity index (χ1n) is 9.44. The molecular formula is C20H18N4O7S. The number of aromatic carboxylic acids is 1. The van der Waals surface area contributed by atoms with E-state index < -0.39 is 33.9 Å². The summed E-state index contributed by atoms with van der Waals surface area (Å²) < 4.78 is 34.9. The van der Waals surface area contributed by atoms with E-state index in [2.05, 4.69) is 15.0 Å². The molecule has 166 valence electrons. The summed E-state index contributed by atoms with van der Waals surface area (Å²) in [5.74, 6) is -2.91. The van der Waals surface area contributed by atoms with Crippen LogP contribution >= 0.6 is 0 Å². The Labute approximate surface area is 181 Å². The van der Waals surface area contributed by atoms with Gasteiger partial charge in [0.2, 0.25) is 10.0 Å². The number of nitrogens with one attached hydrogen (secondary N) is 1. The van der Waals surface area contributed by atoms with Crippen molar-refractivity contribution in [3.63, 3.8) is 0 Å². The zero-order valence-electron chi connectivity index (χ0n) is 16.9. The smallest absolute Gasteiger partial charge is 0.358 e. The van der Waals surface area contributed by atoms with Crippen molar-refractivity contribution < 1.29 is 32.6 Å². The molecule has 2 aromatic carbocycles. The van der Waals surface area contributed by atoms with Crippen molar-refractivity contribution in [3.05, 3.63) is 48.3 Å². The molecule has 0 aliphatic rings. The van der Waals surface area contributed by atoms with E-state index in [1.807, 2.05) is 0 Å². The van der Waals surface area contributed by atoms with Gasteiger partial charge in [0.1, 0.15) is 17.2 Å². The van der Waals surface area contributed by atoms with Gasteiger partial charge in [-0.2, -0.15) is 4.72 Å².